The van der Waals surface area contributed by atoms with Crippen LogP contribution in [-0.4, -0.2) is 23.5 Å². The van der Waals surface area contributed by atoms with Crippen LogP contribution in [0.4, 0.5) is 5.69 Å². The van der Waals surface area contributed by atoms with Gasteiger partial charge >= 0.3 is 0 Å². The van der Waals surface area contributed by atoms with Crippen LogP contribution in [0.25, 0.3) is 6.08 Å². The highest BCUT2D eigenvalue weighted by molar-refractivity contribution is 9.10. The summed E-state index contributed by atoms with van der Waals surface area (Å²) in [5.74, 6) is -0.606. The molecule has 2 amide bonds. The number of rotatable bonds is 7. The van der Waals surface area contributed by atoms with Gasteiger partial charge in [-0.2, -0.15) is 0 Å². The van der Waals surface area contributed by atoms with E-state index in [2.05, 4.69) is 21.2 Å². The van der Waals surface area contributed by atoms with Gasteiger partial charge in [0.1, 0.15) is 12.2 Å². The van der Waals surface area contributed by atoms with Gasteiger partial charge in [-0.3, -0.25) is 19.8 Å². The standard InChI is InChI=1S/C26H18BrCl3N2O4S/c1-2-35-21-12-15(11-19(29)23(21)36-13-14-6-8-16(27)9-7-14)10-17-24(33)31-26(37)32(25(17)34)20-5-3-4-18(28)22(20)30/h3-12H,2,13H2,1H3,(H,31,33,37)/b17-10+. The van der Waals surface area contributed by atoms with E-state index in [0.717, 1.165) is 14.9 Å². The summed E-state index contributed by atoms with van der Waals surface area (Å²) < 4.78 is 12.7. The minimum atomic E-state index is -0.664. The van der Waals surface area contributed by atoms with E-state index in [1.165, 1.54) is 6.08 Å². The molecule has 0 spiro atoms. The van der Waals surface area contributed by atoms with E-state index in [9.17, 15) is 9.59 Å². The van der Waals surface area contributed by atoms with Crippen molar-refractivity contribution in [1.82, 2.24) is 5.32 Å². The highest BCUT2D eigenvalue weighted by atomic mass is 79.9. The molecule has 0 atom stereocenters. The van der Waals surface area contributed by atoms with Gasteiger partial charge in [0.2, 0.25) is 0 Å². The maximum absolute atomic E-state index is 13.4. The fraction of sp³-hybridized carbons (Fsp3) is 0.115. The first kappa shape index (κ1) is 27.4. The number of amides is 2. The van der Waals surface area contributed by atoms with Crippen LogP contribution in [-0.2, 0) is 16.2 Å². The summed E-state index contributed by atoms with van der Waals surface area (Å²) in [6.45, 7) is 2.43. The van der Waals surface area contributed by atoms with E-state index in [1.54, 1.807) is 30.3 Å². The Morgan fingerprint density at radius 2 is 1.76 bits per heavy atom. The first-order valence-electron chi connectivity index (χ1n) is 10.9. The van der Waals surface area contributed by atoms with Crippen LogP contribution in [0.15, 0.2) is 64.6 Å². The summed E-state index contributed by atoms with van der Waals surface area (Å²) in [7, 11) is 0. The first-order valence-corrected chi connectivity index (χ1v) is 13.2. The molecule has 0 unspecified atom stereocenters. The number of anilines is 1. The molecule has 6 nitrogen and oxygen atoms in total. The molecule has 3 aromatic carbocycles. The summed E-state index contributed by atoms with van der Waals surface area (Å²) in [5, 5.41) is 3.03. The van der Waals surface area contributed by atoms with Crippen molar-refractivity contribution in [2.24, 2.45) is 0 Å². The number of hydrogen-bond acceptors (Lipinski definition) is 5. The van der Waals surface area contributed by atoms with Crippen LogP contribution < -0.4 is 19.7 Å². The second-order valence-corrected chi connectivity index (χ2v) is 10.2. The monoisotopic (exact) mass is 638 g/mol. The number of carbonyl (C=O) groups is 2. The van der Waals surface area contributed by atoms with Gasteiger partial charge in [0.25, 0.3) is 11.8 Å². The summed E-state index contributed by atoms with van der Waals surface area (Å²) in [4.78, 5) is 27.2. The van der Waals surface area contributed by atoms with E-state index in [4.69, 9.17) is 56.5 Å². The van der Waals surface area contributed by atoms with Gasteiger partial charge < -0.3 is 9.47 Å². The van der Waals surface area contributed by atoms with Gasteiger partial charge in [-0.25, -0.2) is 0 Å². The second-order valence-electron chi connectivity index (χ2n) is 7.71. The number of nitrogens with one attached hydrogen (secondary N) is 1. The molecule has 0 aliphatic carbocycles. The van der Waals surface area contributed by atoms with Crippen LogP contribution >= 0.6 is 63.0 Å². The Morgan fingerprint density at radius 3 is 2.46 bits per heavy atom. The molecule has 37 heavy (non-hydrogen) atoms. The van der Waals surface area contributed by atoms with Crippen molar-refractivity contribution in [3.05, 3.63) is 90.8 Å². The van der Waals surface area contributed by atoms with Gasteiger partial charge in [-0.05, 0) is 72.7 Å². The predicted octanol–water partition coefficient (Wildman–Crippen LogP) is 7.22. The molecule has 1 fully saturated rings. The normalized spacial score (nSPS) is 14.7. The first-order chi connectivity index (χ1) is 17.7. The minimum Gasteiger partial charge on any atom is -0.490 e. The Hall–Kier alpha value is -2.62. The molecule has 190 valence electrons. The molecule has 1 heterocycles. The molecule has 4 rings (SSSR count). The van der Waals surface area contributed by atoms with Gasteiger partial charge in [0.15, 0.2) is 16.6 Å². The third-order valence-electron chi connectivity index (χ3n) is 5.21. The van der Waals surface area contributed by atoms with E-state index in [-0.39, 0.29) is 38.0 Å². The molecule has 0 saturated carbocycles. The minimum absolute atomic E-state index is 0.110. The van der Waals surface area contributed by atoms with E-state index in [1.807, 2.05) is 31.2 Å². The number of thiocarbonyl (C=S) groups is 1. The maximum Gasteiger partial charge on any atom is 0.270 e. The Balaban J connectivity index is 1.67. The molecular weight excluding hydrogens is 623 g/mol. The Bertz CT molecular complexity index is 1430. The van der Waals surface area contributed by atoms with Crippen LogP contribution in [0.5, 0.6) is 11.5 Å². The predicted molar refractivity (Wildman–Crippen MR) is 154 cm³/mol. The van der Waals surface area contributed by atoms with Gasteiger partial charge in [0, 0.05) is 4.47 Å². The number of ether oxygens (including phenoxy) is 2. The summed E-state index contributed by atoms with van der Waals surface area (Å²) in [6.07, 6.45) is 1.40. The van der Waals surface area contributed by atoms with Crippen LogP contribution in [0.3, 0.4) is 0 Å². The largest absolute Gasteiger partial charge is 0.490 e. The number of benzene rings is 3. The van der Waals surface area contributed by atoms with Gasteiger partial charge in [-0.15, -0.1) is 0 Å². The molecule has 3 aromatic rings. The van der Waals surface area contributed by atoms with Crippen LogP contribution in [0.2, 0.25) is 15.1 Å². The molecule has 0 bridgehead atoms. The molecule has 1 aliphatic heterocycles. The van der Waals surface area contributed by atoms with Crippen molar-refractivity contribution in [1.29, 1.82) is 0 Å². The highest BCUT2D eigenvalue weighted by Crippen LogP contribution is 2.39. The fourth-order valence-corrected chi connectivity index (χ4v) is 4.71. The second kappa shape index (κ2) is 11.8. The molecular formula is C26H18BrCl3N2O4S. The zero-order valence-corrected chi connectivity index (χ0v) is 23.9. The zero-order valence-electron chi connectivity index (χ0n) is 19.2. The smallest absolute Gasteiger partial charge is 0.270 e. The molecule has 0 aromatic heterocycles. The average Bonchev–Trinajstić information content (AvgIpc) is 2.85. The van der Waals surface area contributed by atoms with E-state index in [0.29, 0.717) is 23.7 Å². The van der Waals surface area contributed by atoms with Crippen molar-refractivity contribution in [3.63, 3.8) is 0 Å². The number of hydrogen-bond donors (Lipinski definition) is 1. The van der Waals surface area contributed by atoms with Crippen LogP contribution in [0.1, 0.15) is 18.1 Å². The Morgan fingerprint density at radius 1 is 1.03 bits per heavy atom. The topological polar surface area (TPSA) is 67.9 Å². The van der Waals surface area contributed by atoms with E-state index < -0.39 is 11.8 Å². The Kier molecular flexibility index (Phi) is 8.77. The molecule has 1 saturated heterocycles. The average molecular weight is 641 g/mol. The van der Waals surface area contributed by atoms with Crippen LogP contribution in [0, 0.1) is 0 Å². The lowest BCUT2D eigenvalue weighted by Gasteiger charge is -2.29. The van der Waals surface area contributed by atoms with Crippen molar-refractivity contribution in [2.75, 3.05) is 11.5 Å². The van der Waals surface area contributed by atoms with Crippen molar-refractivity contribution in [3.8, 4) is 11.5 Å². The quantitative estimate of drug-likeness (QED) is 0.168. The third kappa shape index (κ3) is 6.10. The summed E-state index contributed by atoms with van der Waals surface area (Å²) >= 11 is 27.6. The summed E-state index contributed by atoms with van der Waals surface area (Å²) in [5.41, 5.74) is 1.47. The lowest BCUT2D eigenvalue weighted by Crippen LogP contribution is -2.54. The molecule has 11 heteroatoms. The number of carbonyl (C=O) groups excluding carboxylic acids is 2. The SMILES string of the molecule is CCOc1cc(/C=C2\C(=O)NC(=S)N(c3cccc(Cl)c3Cl)C2=O)cc(Cl)c1OCc1ccc(Br)cc1. The Labute approximate surface area is 242 Å². The lowest BCUT2D eigenvalue weighted by molar-refractivity contribution is -0.122. The molecule has 1 aliphatic rings. The van der Waals surface area contributed by atoms with Crippen molar-refractivity contribution < 1.29 is 19.1 Å². The van der Waals surface area contributed by atoms with Gasteiger partial charge in [0.05, 0.1) is 27.4 Å². The summed E-state index contributed by atoms with van der Waals surface area (Å²) in [6, 6.07) is 15.7. The van der Waals surface area contributed by atoms with Crippen molar-refractivity contribution >= 4 is 91.6 Å². The number of nitrogens with zero attached hydrogens (tertiary/aromatic N) is 1. The van der Waals surface area contributed by atoms with Gasteiger partial charge in [-0.1, -0.05) is 68.9 Å². The van der Waals surface area contributed by atoms with E-state index >= 15 is 0 Å². The van der Waals surface area contributed by atoms with Crippen molar-refractivity contribution in [2.45, 2.75) is 13.5 Å². The number of halogens is 4. The highest BCUT2D eigenvalue weighted by Gasteiger charge is 2.35. The fourth-order valence-electron chi connectivity index (χ4n) is 3.52. The lowest BCUT2D eigenvalue weighted by atomic mass is 10.1. The third-order valence-corrected chi connectivity index (χ3v) is 7.12. The molecule has 0 radical (unpaired) electrons. The maximum atomic E-state index is 13.4. The zero-order chi connectivity index (χ0) is 26.7. The molecule has 1 N–H and O–H groups in total.